The van der Waals surface area contributed by atoms with E-state index in [0.717, 1.165) is 12.1 Å². The second-order valence-corrected chi connectivity index (χ2v) is 5.59. The lowest BCUT2D eigenvalue weighted by molar-refractivity contribution is -0.119. The fourth-order valence-corrected chi connectivity index (χ4v) is 2.32. The standard InChI is InChI=1S/C16H20F2N4O2/c1-9(19-3)7-14-21-15(24-22-14)8-13(20-10(2)23)16-11(17)5-4-6-12(16)18/h4-6,9,13,19H,7-8H2,1-3H3,(H,20,23). The third-order valence-electron chi connectivity index (χ3n) is 3.60. The highest BCUT2D eigenvalue weighted by Gasteiger charge is 2.24. The van der Waals surface area contributed by atoms with E-state index in [1.807, 2.05) is 14.0 Å². The first kappa shape index (κ1) is 18.0. The highest BCUT2D eigenvalue weighted by molar-refractivity contribution is 5.73. The summed E-state index contributed by atoms with van der Waals surface area (Å²) >= 11 is 0. The molecule has 0 bridgehead atoms. The van der Waals surface area contributed by atoms with Gasteiger partial charge in [0.1, 0.15) is 11.6 Å². The van der Waals surface area contributed by atoms with Crippen molar-refractivity contribution in [3.63, 3.8) is 0 Å². The molecule has 0 aliphatic carbocycles. The zero-order chi connectivity index (χ0) is 17.7. The summed E-state index contributed by atoms with van der Waals surface area (Å²) in [6.07, 6.45) is 0.553. The SMILES string of the molecule is CNC(C)Cc1noc(CC(NC(C)=O)c2c(F)cccc2F)n1. The van der Waals surface area contributed by atoms with Gasteiger partial charge in [0.05, 0.1) is 12.5 Å². The molecule has 8 heteroatoms. The van der Waals surface area contributed by atoms with E-state index in [4.69, 9.17) is 4.52 Å². The molecule has 2 aromatic rings. The van der Waals surface area contributed by atoms with Crippen LogP contribution in [0.3, 0.4) is 0 Å². The van der Waals surface area contributed by atoms with Crippen molar-refractivity contribution in [2.45, 2.75) is 38.8 Å². The van der Waals surface area contributed by atoms with Crippen molar-refractivity contribution < 1.29 is 18.1 Å². The molecule has 0 fully saturated rings. The number of aromatic nitrogens is 2. The lowest BCUT2D eigenvalue weighted by atomic mass is 10.0. The number of likely N-dealkylation sites (N-methyl/N-ethyl adjacent to an activating group) is 1. The molecule has 0 aliphatic heterocycles. The lowest BCUT2D eigenvalue weighted by Crippen LogP contribution is -2.29. The van der Waals surface area contributed by atoms with Crippen molar-refractivity contribution in [3.8, 4) is 0 Å². The van der Waals surface area contributed by atoms with Gasteiger partial charge in [-0.2, -0.15) is 4.98 Å². The second-order valence-electron chi connectivity index (χ2n) is 5.59. The maximum atomic E-state index is 14.0. The topological polar surface area (TPSA) is 80.0 Å². The number of nitrogens with one attached hydrogen (secondary N) is 2. The Balaban J connectivity index is 2.22. The number of hydrogen-bond donors (Lipinski definition) is 2. The first-order valence-electron chi connectivity index (χ1n) is 7.60. The molecule has 0 radical (unpaired) electrons. The zero-order valence-corrected chi connectivity index (χ0v) is 13.8. The fourth-order valence-electron chi connectivity index (χ4n) is 2.32. The van der Waals surface area contributed by atoms with Crippen LogP contribution >= 0.6 is 0 Å². The number of nitrogens with zero attached hydrogens (tertiary/aromatic N) is 2. The van der Waals surface area contributed by atoms with E-state index in [2.05, 4.69) is 20.8 Å². The zero-order valence-electron chi connectivity index (χ0n) is 13.8. The molecule has 1 aromatic carbocycles. The number of halogens is 2. The number of benzene rings is 1. The maximum absolute atomic E-state index is 14.0. The molecule has 1 amide bonds. The minimum absolute atomic E-state index is 0.00162. The third-order valence-corrected chi connectivity index (χ3v) is 3.60. The van der Waals surface area contributed by atoms with Crippen LogP contribution in [0.25, 0.3) is 0 Å². The number of rotatable bonds is 7. The summed E-state index contributed by atoms with van der Waals surface area (Å²) in [6, 6.07) is 2.77. The van der Waals surface area contributed by atoms with Crippen LogP contribution in [-0.2, 0) is 17.6 Å². The van der Waals surface area contributed by atoms with Crippen molar-refractivity contribution in [2.75, 3.05) is 7.05 Å². The quantitative estimate of drug-likeness (QED) is 0.806. The van der Waals surface area contributed by atoms with Gasteiger partial charge >= 0.3 is 0 Å². The summed E-state index contributed by atoms with van der Waals surface area (Å²) in [5, 5.41) is 9.43. The van der Waals surface area contributed by atoms with Crippen LogP contribution in [0, 0.1) is 11.6 Å². The Labute approximate surface area is 138 Å². The van der Waals surface area contributed by atoms with Crippen LogP contribution in [0.4, 0.5) is 8.78 Å². The van der Waals surface area contributed by atoms with Crippen molar-refractivity contribution in [2.24, 2.45) is 0 Å². The summed E-state index contributed by atoms with van der Waals surface area (Å²) in [4.78, 5) is 15.6. The molecule has 6 nitrogen and oxygen atoms in total. The highest BCUT2D eigenvalue weighted by Crippen LogP contribution is 2.24. The molecule has 2 atom stereocenters. The fraction of sp³-hybridized carbons (Fsp3) is 0.438. The Kier molecular flexibility index (Phi) is 5.97. The summed E-state index contributed by atoms with van der Waals surface area (Å²) in [7, 11) is 1.82. The summed E-state index contributed by atoms with van der Waals surface area (Å²) in [6.45, 7) is 3.24. The third kappa shape index (κ3) is 4.58. The van der Waals surface area contributed by atoms with Gasteiger partial charge in [0.25, 0.3) is 0 Å². The summed E-state index contributed by atoms with van der Waals surface area (Å²) in [5.74, 6) is -1.20. The smallest absolute Gasteiger partial charge is 0.229 e. The average Bonchev–Trinajstić information content (AvgIpc) is 2.93. The molecule has 0 saturated heterocycles. The molecule has 130 valence electrons. The van der Waals surface area contributed by atoms with E-state index in [9.17, 15) is 13.6 Å². The van der Waals surface area contributed by atoms with E-state index in [1.165, 1.54) is 13.0 Å². The van der Waals surface area contributed by atoms with Crippen molar-refractivity contribution in [1.82, 2.24) is 20.8 Å². The van der Waals surface area contributed by atoms with Gasteiger partial charge in [-0.15, -0.1) is 0 Å². The van der Waals surface area contributed by atoms with Crippen LogP contribution in [0.1, 0.15) is 37.2 Å². The predicted octanol–water partition coefficient (Wildman–Crippen LogP) is 1.92. The molecular formula is C16H20F2N4O2. The first-order chi connectivity index (χ1) is 11.4. The van der Waals surface area contributed by atoms with E-state index >= 15 is 0 Å². The van der Waals surface area contributed by atoms with Crippen LogP contribution in [0.5, 0.6) is 0 Å². The first-order valence-corrected chi connectivity index (χ1v) is 7.60. The van der Waals surface area contributed by atoms with Crippen molar-refractivity contribution in [1.29, 1.82) is 0 Å². The molecule has 0 saturated carbocycles. The average molecular weight is 338 g/mol. The minimum atomic E-state index is -0.932. The van der Waals surface area contributed by atoms with Gasteiger partial charge < -0.3 is 15.2 Å². The Morgan fingerprint density at radius 3 is 2.54 bits per heavy atom. The van der Waals surface area contributed by atoms with Crippen LogP contribution in [-0.4, -0.2) is 29.1 Å². The molecule has 24 heavy (non-hydrogen) atoms. The largest absolute Gasteiger partial charge is 0.349 e. The van der Waals surface area contributed by atoms with Crippen molar-refractivity contribution >= 4 is 5.91 Å². The summed E-state index contributed by atoms with van der Waals surface area (Å²) < 4.78 is 33.2. The van der Waals surface area contributed by atoms with Crippen LogP contribution in [0.2, 0.25) is 0 Å². The van der Waals surface area contributed by atoms with E-state index in [0.29, 0.717) is 12.2 Å². The highest BCUT2D eigenvalue weighted by atomic mass is 19.1. The maximum Gasteiger partial charge on any atom is 0.229 e. The molecule has 0 aliphatic rings. The Hall–Kier alpha value is -2.35. The van der Waals surface area contributed by atoms with Gasteiger partial charge in [0.15, 0.2) is 5.82 Å². The van der Waals surface area contributed by atoms with Gasteiger partial charge in [-0.25, -0.2) is 8.78 Å². The van der Waals surface area contributed by atoms with Gasteiger partial charge in [-0.05, 0) is 26.1 Å². The lowest BCUT2D eigenvalue weighted by Gasteiger charge is -2.17. The number of amides is 1. The normalized spacial score (nSPS) is 13.5. The summed E-state index contributed by atoms with van der Waals surface area (Å²) in [5.41, 5.74) is -0.226. The van der Waals surface area contributed by atoms with Gasteiger partial charge in [-0.1, -0.05) is 11.2 Å². The molecule has 2 unspecified atom stereocenters. The minimum Gasteiger partial charge on any atom is -0.349 e. The van der Waals surface area contributed by atoms with E-state index < -0.39 is 23.6 Å². The Morgan fingerprint density at radius 1 is 1.29 bits per heavy atom. The monoisotopic (exact) mass is 338 g/mol. The van der Waals surface area contributed by atoms with Crippen LogP contribution < -0.4 is 10.6 Å². The van der Waals surface area contributed by atoms with E-state index in [-0.39, 0.29) is 23.9 Å². The van der Waals surface area contributed by atoms with E-state index in [1.54, 1.807) is 0 Å². The number of carbonyl (C=O) groups is 1. The van der Waals surface area contributed by atoms with Gasteiger partial charge in [0, 0.05) is 24.9 Å². The molecule has 1 aromatic heterocycles. The molecule has 0 spiro atoms. The number of hydrogen-bond acceptors (Lipinski definition) is 5. The molecule has 2 rings (SSSR count). The van der Waals surface area contributed by atoms with Crippen LogP contribution in [0.15, 0.2) is 22.7 Å². The van der Waals surface area contributed by atoms with Gasteiger partial charge in [-0.3, -0.25) is 4.79 Å². The number of carbonyl (C=O) groups excluding carboxylic acids is 1. The molecule has 2 N–H and O–H groups in total. The Bertz CT molecular complexity index is 685. The second kappa shape index (κ2) is 7.96. The predicted molar refractivity (Wildman–Crippen MR) is 83.1 cm³/mol. The van der Waals surface area contributed by atoms with Gasteiger partial charge in [0.2, 0.25) is 11.8 Å². The Morgan fingerprint density at radius 2 is 1.96 bits per heavy atom. The molecule has 1 heterocycles. The molecular weight excluding hydrogens is 318 g/mol. The van der Waals surface area contributed by atoms with Crippen molar-refractivity contribution in [3.05, 3.63) is 47.1 Å².